The number of rotatable bonds is 14. The molecule has 0 amide bonds. The monoisotopic (exact) mass is 356 g/mol. The van der Waals surface area contributed by atoms with Gasteiger partial charge in [-0.3, -0.25) is 0 Å². The minimum Gasteiger partial charge on any atom is -0.371 e. The van der Waals surface area contributed by atoms with Crippen LogP contribution in [0.15, 0.2) is 12.3 Å². The van der Waals surface area contributed by atoms with E-state index in [9.17, 15) is 13.2 Å². The third-order valence-corrected chi connectivity index (χ3v) is 5.99. The van der Waals surface area contributed by atoms with Gasteiger partial charge in [-0.2, -0.15) is 13.2 Å². The summed E-state index contributed by atoms with van der Waals surface area (Å²) in [6.45, 7) is 10.5. The van der Waals surface area contributed by atoms with Crippen molar-refractivity contribution < 1.29 is 26.4 Å². The van der Waals surface area contributed by atoms with E-state index in [1.54, 1.807) is 5.70 Å². The van der Waals surface area contributed by atoms with Crippen LogP contribution in [0.2, 0.25) is 0 Å². The Morgan fingerprint density at radius 1 is 1.00 bits per heavy atom. The molecule has 0 aromatic heterocycles. The molecule has 0 rings (SSSR count). The predicted molar refractivity (Wildman–Crippen MR) is 88.1 cm³/mol. The normalized spacial score (nSPS) is 14.0. The van der Waals surface area contributed by atoms with Crippen LogP contribution in [-0.4, -0.2) is 34.3 Å². The second-order valence-corrected chi connectivity index (χ2v) is 7.95. The van der Waals surface area contributed by atoms with E-state index in [1.165, 1.54) is 0 Å². The molecule has 0 aromatic rings. The summed E-state index contributed by atoms with van der Waals surface area (Å²) < 4.78 is 53.3. The van der Waals surface area contributed by atoms with E-state index >= 15 is 0 Å². The SMILES string of the molecule is C=C[Si](OCC)(OCC)OC(C)CCCCCCCC(F)(F)F. The summed E-state index contributed by atoms with van der Waals surface area (Å²) in [5.41, 5.74) is 1.65. The van der Waals surface area contributed by atoms with Gasteiger partial charge in [0, 0.05) is 25.7 Å². The van der Waals surface area contributed by atoms with Crippen LogP contribution in [0, 0.1) is 0 Å². The van der Waals surface area contributed by atoms with Gasteiger partial charge in [0.15, 0.2) is 0 Å². The Morgan fingerprint density at radius 3 is 2.00 bits per heavy atom. The Morgan fingerprint density at radius 2 is 1.52 bits per heavy atom. The van der Waals surface area contributed by atoms with Crippen molar-refractivity contribution in [1.82, 2.24) is 0 Å². The fourth-order valence-corrected chi connectivity index (χ4v) is 4.34. The van der Waals surface area contributed by atoms with E-state index in [-0.39, 0.29) is 12.5 Å². The lowest BCUT2D eigenvalue weighted by atomic mass is 10.1. The summed E-state index contributed by atoms with van der Waals surface area (Å²) in [5.74, 6) is 0. The van der Waals surface area contributed by atoms with Gasteiger partial charge < -0.3 is 13.3 Å². The highest BCUT2D eigenvalue weighted by Gasteiger charge is 2.38. The lowest BCUT2D eigenvalue weighted by molar-refractivity contribution is -0.135. The average molecular weight is 357 g/mol. The van der Waals surface area contributed by atoms with Crippen LogP contribution in [0.3, 0.4) is 0 Å². The molecule has 0 radical (unpaired) electrons. The third kappa shape index (κ3) is 11.8. The van der Waals surface area contributed by atoms with Gasteiger partial charge in [-0.05, 0) is 39.3 Å². The summed E-state index contributed by atoms with van der Waals surface area (Å²) in [6, 6.07) is 0. The van der Waals surface area contributed by atoms with Gasteiger partial charge in [0.1, 0.15) is 0 Å². The molecule has 23 heavy (non-hydrogen) atoms. The zero-order chi connectivity index (χ0) is 17.8. The molecule has 3 nitrogen and oxygen atoms in total. The summed E-state index contributed by atoms with van der Waals surface area (Å²) in [7, 11) is -2.80. The van der Waals surface area contributed by atoms with Crippen molar-refractivity contribution in [2.24, 2.45) is 0 Å². The van der Waals surface area contributed by atoms with Crippen LogP contribution in [0.4, 0.5) is 13.2 Å². The minimum atomic E-state index is -4.03. The topological polar surface area (TPSA) is 27.7 Å². The fraction of sp³-hybridized carbons (Fsp3) is 0.875. The maximum atomic E-state index is 12.0. The first kappa shape index (κ1) is 22.6. The van der Waals surface area contributed by atoms with Gasteiger partial charge in [0.25, 0.3) is 0 Å². The molecule has 1 unspecified atom stereocenters. The second kappa shape index (κ2) is 12.1. The van der Waals surface area contributed by atoms with Crippen molar-refractivity contribution in [3.8, 4) is 0 Å². The predicted octanol–water partition coefficient (Wildman–Crippen LogP) is 5.42. The molecule has 0 aliphatic carbocycles. The fourth-order valence-electron chi connectivity index (χ4n) is 2.30. The number of hydrogen-bond donors (Lipinski definition) is 0. The quantitative estimate of drug-likeness (QED) is 0.307. The molecule has 0 saturated heterocycles. The Balaban J connectivity index is 3.91. The highest BCUT2D eigenvalue weighted by atomic mass is 28.4. The molecule has 7 heteroatoms. The zero-order valence-corrected chi connectivity index (χ0v) is 15.6. The Bertz CT molecular complexity index is 305. The molecule has 0 heterocycles. The van der Waals surface area contributed by atoms with Gasteiger partial charge in [-0.1, -0.05) is 32.3 Å². The zero-order valence-electron chi connectivity index (χ0n) is 14.6. The third-order valence-electron chi connectivity index (χ3n) is 3.38. The van der Waals surface area contributed by atoms with Crippen LogP contribution >= 0.6 is 0 Å². The molecule has 138 valence electrons. The van der Waals surface area contributed by atoms with Crippen LogP contribution in [0.1, 0.15) is 65.7 Å². The minimum absolute atomic E-state index is 0.0204. The van der Waals surface area contributed by atoms with E-state index < -0.39 is 21.4 Å². The standard InChI is InChI=1S/C16H31F3O3Si/c1-5-20-23(7-3,21-6-2)22-15(4)13-11-9-8-10-12-14-16(17,18)19/h7,15H,3,5-6,8-14H2,1-2,4H3. The Kier molecular flexibility index (Phi) is 11.9. The second-order valence-electron chi connectivity index (χ2n) is 5.52. The van der Waals surface area contributed by atoms with E-state index in [0.717, 1.165) is 25.7 Å². The summed E-state index contributed by atoms with van der Waals surface area (Å²) in [4.78, 5) is 0. The Labute approximate surface area is 139 Å². The average Bonchev–Trinajstić information content (AvgIpc) is 2.45. The van der Waals surface area contributed by atoms with E-state index in [1.807, 2.05) is 20.8 Å². The first-order valence-electron chi connectivity index (χ1n) is 8.44. The molecule has 1 atom stereocenters. The number of halogens is 3. The van der Waals surface area contributed by atoms with Crippen LogP contribution in [-0.2, 0) is 13.3 Å². The van der Waals surface area contributed by atoms with Crippen molar-refractivity contribution in [1.29, 1.82) is 0 Å². The smallest absolute Gasteiger partial charge is 0.371 e. The summed E-state index contributed by atoms with van der Waals surface area (Å²) >= 11 is 0. The molecular weight excluding hydrogens is 325 g/mol. The number of alkyl halides is 3. The highest BCUT2D eigenvalue weighted by Crippen LogP contribution is 2.23. The van der Waals surface area contributed by atoms with E-state index in [4.69, 9.17) is 13.3 Å². The lowest BCUT2D eigenvalue weighted by Gasteiger charge is -2.29. The maximum Gasteiger partial charge on any atom is 0.529 e. The number of unbranched alkanes of at least 4 members (excludes halogenated alkanes) is 4. The van der Waals surface area contributed by atoms with E-state index in [0.29, 0.717) is 19.6 Å². The van der Waals surface area contributed by atoms with Gasteiger partial charge in [0.05, 0.1) is 0 Å². The van der Waals surface area contributed by atoms with Crippen LogP contribution in [0.25, 0.3) is 0 Å². The van der Waals surface area contributed by atoms with Gasteiger partial charge in [0.2, 0.25) is 0 Å². The van der Waals surface area contributed by atoms with E-state index in [2.05, 4.69) is 6.58 Å². The largest absolute Gasteiger partial charge is 0.529 e. The van der Waals surface area contributed by atoms with Crippen LogP contribution in [0.5, 0.6) is 0 Å². The first-order valence-corrected chi connectivity index (χ1v) is 10.2. The van der Waals surface area contributed by atoms with Crippen molar-refractivity contribution >= 4 is 8.80 Å². The van der Waals surface area contributed by atoms with Crippen molar-refractivity contribution in [2.75, 3.05) is 13.2 Å². The molecule has 0 aromatic carbocycles. The molecule has 0 spiro atoms. The number of hydrogen-bond acceptors (Lipinski definition) is 3. The lowest BCUT2D eigenvalue weighted by Crippen LogP contribution is -2.46. The molecule has 0 aliphatic heterocycles. The van der Waals surface area contributed by atoms with Crippen molar-refractivity contribution in [2.45, 2.75) is 78.0 Å². The maximum absolute atomic E-state index is 12.0. The highest BCUT2D eigenvalue weighted by molar-refractivity contribution is 6.66. The van der Waals surface area contributed by atoms with Crippen LogP contribution < -0.4 is 0 Å². The van der Waals surface area contributed by atoms with Gasteiger partial charge in [-0.25, -0.2) is 0 Å². The first-order chi connectivity index (χ1) is 10.8. The van der Waals surface area contributed by atoms with Crippen molar-refractivity contribution in [3.63, 3.8) is 0 Å². The molecule has 0 aliphatic rings. The summed E-state index contributed by atoms with van der Waals surface area (Å²) in [6.07, 6.45) is -0.388. The Hall–Kier alpha value is -0.373. The molecular formula is C16H31F3O3Si. The summed E-state index contributed by atoms with van der Waals surface area (Å²) in [5, 5.41) is 0. The van der Waals surface area contributed by atoms with Gasteiger partial charge >= 0.3 is 15.0 Å². The molecule has 0 fully saturated rings. The van der Waals surface area contributed by atoms with Gasteiger partial charge in [-0.15, -0.1) is 0 Å². The molecule has 0 saturated carbocycles. The van der Waals surface area contributed by atoms with Crippen molar-refractivity contribution in [3.05, 3.63) is 12.3 Å². The molecule has 0 N–H and O–H groups in total. The molecule has 0 bridgehead atoms.